The molecule has 0 aliphatic heterocycles. The zero-order chi connectivity index (χ0) is 11.6. The highest BCUT2D eigenvalue weighted by molar-refractivity contribution is 6.05. The van der Waals surface area contributed by atoms with Crippen LogP contribution in [0.5, 0.6) is 0 Å². The molecule has 1 N–H and O–H groups in total. The summed E-state index contributed by atoms with van der Waals surface area (Å²) in [6.07, 6.45) is 0. The second-order valence-corrected chi connectivity index (χ2v) is 4.49. The number of esters is 1. The highest BCUT2D eigenvalue weighted by atomic mass is 16.5. The smallest absolute Gasteiger partial charge is 0.318 e. The molecule has 0 aromatic rings. The largest absolute Gasteiger partial charge is 0.468 e. The first kappa shape index (κ1) is 13.1. The van der Waals surface area contributed by atoms with E-state index in [1.807, 2.05) is 0 Å². The normalized spacial score (nSPS) is 12.4. The highest BCUT2D eigenvalue weighted by Crippen LogP contribution is 2.30. The first-order valence-corrected chi connectivity index (χ1v) is 4.44. The third-order valence-corrected chi connectivity index (χ3v) is 2.27. The van der Waals surface area contributed by atoms with Crippen molar-refractivity contribution >= 4 is 11.8 Å². The van der Waals surface area contributed by atoms with Gasteiger partial charge in [0.25, 0.3) is 0 Å². The van der Waals surface area contributed by atoms with E-state index in [0.717, 1.165) is 0 Å². The van der Waals surface area contributed by atoms with Crippen LogP contribution in [0.2, 0.25) is 0 Å². The topological polar surface area (TPSA) is 63.6 Å². The fraction of sp³-hybridized carbons (Fsp3) is 0.800. The minimum atomic E-state index is -1.21. The molecule has 14 heavy (non-hydrogen) atoms. The zero-order valence-electron chi connectivity index (χ0n) is 9.38. The van der Waals surface area contributed by atoms with E-state index in [9.17, 15) is 9.59 Å². The van der Waals surface area contributed by atoms with E-state index >= 15 is 0 Å². The molecule has 0 aliphatic rings. The van der Waals surface area contributed by atoms with Crippen molar-refractivity contribution < 1.29 is 19.4 Å². The Morgan fingerprint density at radius 1 is 1.21 bits per heavy atom. The molecule has 0 unspecified atom stereocenters. The summed E-state index contributed by atoms with van der Waals surface area (Å²) in [5.74, 6) is -0.900. The Morgan fingerprint density at radius 3 is 1.93 bits per heavy atom. The molecule has 0 fully saturated rings. The third-order valence-electron chi connectivity index (χ3n) is 2.27. The molecular formula is C10H18O4. The van der Waals surface area contributed by atoms with Crippen LogP contribution in [0.1, 0.15) is 27.7 Å². The van der Waals surface area contributed by atoms with Gasteiger partial charge in [-0.25, -0.2) is 0 Å². The second kappa shape index (κ2) is 4.09. The molecule has 0 saturated carbocycles. The fourth-order valence-corrected chi connectivity index (χ4v) is 1.27. The van der Waals surface area contributed by atoms with Gasteiger partial charge in [0.05, 0.1) is 13.7 Å². The van der Waals surface area contributed by atoms with Gasteiger partial charge in [0.1, 0.15) is 5.41 Å². The minimum absolute atomic E-state index is 0.285. The summed E-state index contributed by atoms with van der Waals surface area (Å²) in [6.45, 7) is 5.91. The maximum absolute atomic E-state index is 11.9. The number of aliphatic hydroxyl groups is 1. The monoisotopic (exact) mass is 202 g/mol. The molecule has 4 nitrogen and oxygen atoms in total. The van der Waals surface area contributed by atoms with Gasteiger partial charge >= 0.3 is 5.97 Å². The van der Waals surface area contributed by atoms with Gasteiger partial charge in [0.2, 0.25) is 0 Å². The van der Waals surface area contributed by atoms with E-state index in [2.05, 4.69) is 4.74 Å². The summed E-state index contributed by atoms with van der Waals surface area (Å²) in [5.41, 5.74) is -2.13. The van der Waals surface area contributed by atoms with E-state index in [0.29, 0.717) is 0 Å². The number of carbonyl (C=O) groups is 2. The van der Waals surface area contributed by atoms with Gasteiger partial charge < -0.3 is 9.84 Å². The maximum Gasteiger partial charge on any atom is 0.318 e. The van der Waals surface area contributed by atoms with Crippen molar-refractivity contribution in [3.8, 4) is 0 Å². The molecule has 0 amide bonds. The number of methoxy groups -OCH3 is 1. The predicted octanol–water partition coefficient (Wildman–Crippen LogP) is 0.773. The van der Waals surface area contributed by atoms with Crippen molar-refractivity contribution in [1.82, 2.24) is 0 Å². The molecule has 0 rings (SSSR count). The molecule has 0 spiro atoms. The maximum atomic E-state index is 11.9. The van der Waals surface area contributed by atoms with Crippen LogP contribution in [0.15, 0.2) is 0 Å². The molecule has 0 saturated heterocycles. The zero-order valence-corrected chi connectivity index (χ0v) is 9.38. The Bertz CT molecular complexity index is 241. The van der Waals surface area contributed by atoms with Crippen LogP contribution in [0.4, 0.5) is 0 Å². The van der Waals surface area contributed by atoms with Crippen LogP contribution < -0.4 is 0 Å². The summed E-state index contributed by atoms with van der Waals surface area (Å²) in [5, 5.41) is 9.01. The number of hydrogen-bond acceptors (Lipinski definition) is 4. The third kappa shape index (κ3) is 2.32. The molecule has 0 aromatic carbocycles. The van der Waals surface area contributed by atoms with E-state index in [-0.39, 0.29) is 12.4 Å². The first-order valence-electron chi connectivity index (χ1n) is 4.44. The number of ketones is 1. The lowest BCUT2D eigenvalue weighted by molar-refractivity contribution is -0.159. The number of carbonyl (C=O) groups excluding carboxylic acids is 2. The lowest BCUT2D eigenvalue weighted by atomic mass is 9.74. The van der Waals surface area contributed by atoms with Crippen molar-refractivity contribution in [3.05, 3.63) is 0 Å². The molecule has 0 radical (unpaired) electrons. The summed E-state index contributed by atoms with van der Waals surface area (Å²) in [7, 11) is 1.24. The SMILES string of the molecule is COC(=O)C(C)(C)C(=O)C(C)(C)CO. The molecule has 0 aromatic heterocycles. The summed E-state index contributed by atoms with van der Waals surface area (Å²) < 4.78 is 4.53. The van der Waals surface area contributed by atoms with E-state index in [4.69, 9.17) is 5.11 Å². The molecule has 0 aliphatic carbocycles. The fourth-order valence-electron chi connectivity index (χ4n) is 1.27. The molecule has 0 heterocycles. The van der Waals surface area contributed by atoms with Crippen molar-refractivity contribution in [2.75, 3.05) is 13.7 Å². The van der Waals surface area contributed by atoms with Crippen molar-refractivity contribution in [1.29, 1.82) is 0 Å². The number of rotatable bonds is 4. The number of ether oxygens (including phenoxy) is 1. The summed E-state index contributed by atoms with van der Waals surface area (Å²) in [4.78, 5) is 23.2. The van der Waals surface area contributed by atoms with Crippen molar-refractivity contribution in [2.45, 2.75) is 27.7 Å². The Labute approximate surface area is 84.3 Å². The lowest BCUT2D eigenvalue weighted by Crippen LogP contribution is -2.44. The Morgan fingerprint density at radius 2 is 1.64 bits per heavy atom. The van der Waals surface area contributed by atoms with E-state index < -0.39 is 16.8 Å². The van der Waals surface area contributed by atoms with Crippen LogP contribution in [0.25, 0.3) is 0 Å². The summed E-state index contributed by atoms with van der Waals surface area (Å²) >= 11 is 0. The number of Topliss-reactive ketones (excluding diaryl/α,β-unsaturated/α-hetero) is 1. The van der Waals surface area contributed by atoms with Gasteiger partial charge in [-0.05, 0) is 13.8 Å². The standard InChI is InChI=1S/C10H18O4/c1-9(2,6-11)7(12)10(3,4)8(13)14-5/h11H,6H2,1-5H3. The minimum Gasteiger partial charge on any atom is -0.468 e. The first-order chi connectivity index (χ1) is 6.20. The second-order valence-electron chi connectivity index (χ2n) is 4.49. The lowest BCUT2D eigenvalue weighted by Gasteiger charge is -2.29. The molecule has 0 bridgehead atoms. The van der Waals surface area contributed by atoms with Gasteiger partial charge in [-0.2, -0.15) is 0 Å². The molecule has 0 atom stereocenters. The average molecular weight is 202 g/mol. The predicted molar refractivity (Wildman–Crippen MR) is 51.7 cm³/mol. The van der Waals surface area contributed by atoms with Gasteiger partial charge in [0, 0.05) is 5.41 Å². The molecule has 4 heteroatoms. The van der Waals surface area contributed by atoms with Crippen LogP contribution in [-0.4, -0.2) is 30.6 Å². The quantitative estimate of drug-likeness (QED) is 0.540. The number of aliphatic hydroxyl groups excluding tert-OH is 1. The van der Waals surface area contributed by atoms with Crippen LogP contribution in [0, 0.1) is 10.8 Å². The van der Waals surface area contributed by atoms with Crippen molar-refractivity contribution in [2.24, 2.45) is 10.8 Å². The van der Waals surface area contributed by atoms with Crippen molar-refractivity contribution in [3.63, 3.8) is 0 Å². The highest BCUT2D eigenvalue weighted by Gasteiger charge is 2.44. The van der Waals surface area contributed by atoms with Gasteiger partial charge in [0.15, 0.2) is 5.78 Å². The van der Waals surface area contributed by atoms with Gasteiger partial charge in [-0.3, -0.25) is 9.59 Å². The van der Waals surface area contributed by atoms with Crippen LogP contribution >= 0.6 is 0 Å². The summed E-state index contributed by atoms with van der Waals surface area (Å²) in [6, 6.07) is 0. The Balaban J connectivity index is 4.93. The van der Waals surface area contributed by atoms with Gasteiger partial charge in [-0.1, -0.05) is 13.8 Å². The van der Waals surface area contributed by atoms with Crippen LogP contribution in [0.3, 0.4) is 0 Å². The van der Waals surface area contributed by atoms with Crippen LogP contribution in [-0.2, 0) is 14.3 Å². The van der Waals surface area contributed by atoms with Gasteiger partial charge in [-0.15, -0.1) is 0 Å². The van der Waals surface area contributed by atoms with E-state index in [1.165, 1.54) is 21.0 Å². The Kier molecular flexibility index (Phi) is 3.82. The molecular weight excluding hydrogens is 184 g/mol. The average Bonchev–Trinajstić information content (AvgIpc) is 2.15. The molecule has 82 valence electrons. The Hall–Kier alpha value is -0.900. The number of hydrogen-bond donors (Lipinski definition) is 1. The van der Waals surface area contributed by atoms with E-state index in [1.54, 1.807) is 13.8 Å².